The Kier molecular flexibility index (Phi) is 5.68. The van der Waals surface area contributed by atoms with E-state index in [1.54, 1.807) is 0 Å². The number of aryl methyl sites for hydroxylation is 1. The molecule has 0 saturated heterocycles. The van der Waals surface area contributed by atoms with Crippen molar-refractivity contribution in [2.75, 3.05) is 17.2 Å². The average molecular weight is 417 g/mol. The molecule has 5 heteroatoms. The maximum atomic E-state index is 12.5. The van der Waals surface area contributed by atoms with E-state index in [1.165, 1.54) is 54.4 Å². The predicted molar refractivity (Wildman–Crippen MR) is 128 cm³/mol. The molecule has 5 rings (SSSR count). The van der Waals surface area contributed by atoms with Gasteiger partial charge < -0.3 is 15.2 Å². The van der Waals surface area contributed by atoms with Crippen molar-refractivity contribution < 1.29 is 4.79 Å². The Morgan fingerprint density at radius 2 is 1.81 bits per heavy atom. The normalized spacial score (nSPS) is 17.1. The van der Waals surface area contributed by atoms with E-state index in [0.717, 1.165) is 43.3 Å². The van der Waals surface area contributed by atoms with Gasteiger partial charge in [-0.1, -0.05) is 38.0 Å². The fourth-order valence-corrected chi connectivity index (χ4v) is 5.42. The number of carbonyl (C=O) groups excluding carboxylic acids is 1. The fourth-order valence-electron chi connectivity index (χ4n) is 5.42. The van der Waals surface area contributed by atoms with Crippen LogP contribution in [0.2, 0.25) is 0 Å². The van der Waals surface area contributed by atoms with Crippen LogP contribution in [0.5, 0.6) is 0 Å². The largest absolute Gasteiger partial charge is 0.344 e. The summed E-state index contributed by atoms with van der Waals surface area (Å²) < 4.78 is 2.52. The van der Waals surface area contributed by atoms with Crippen molar-refractivity contribution in [3.63, 3.8) is 0 Å². The number of rotatable bonds is 5. The monoisotopic (exact) mass is 416 g/mol. The topological polar surface area (TPSA) is 49.3 Å². The highest BCUT2D eigenvalue weighted by Crippen LogP contribution is 2.35. The van der Waals surface area contributed by atoms with Crippen molar-refractivity contribution in [3.05, 3.63) is 59.8 Å². The zero-order chi connectivity index (χ0) is 21.2. The molecule has 2 heterocycles. The molecule has 0 atom stereocenters. The Labute approximate surface area is 184 Å². The van der Waals surface area contributed by atoms with Gasteiger partial charge >= 0.3 is 6.03 Å². The zero-order valence-electron chi connectivity index (χ0n) is 18.4. The van der Waals surface area contributed by atoms with Crippen LogP contribution in [0.1, 0.15) is 50.3 Å². The highest BCUT2D eigenvalue weighted by atomic mass is 16.2. The van der Waals surface area contributed by atoms with Gasteiger partial charge in [0, 0.05) is 60.1 Å². The lowest BCUT2D eigenvalue weighted by atomic mass is 10.0. The van der Waals surface area contributed by atoms with Crippen LogP contribution in [0.15, 0.2) is 48.5 Å². The van der Waals surface area contributed by atoms with E-state index in [4.69, 9.17) is 0 Å². The summed E-state index contributed by atoms with van der Waals surface area (Å²) in [6, 6.07) is 16.5. The molecule has 1 aromatic heterocycles. The lowest BCUT2D eigenvalue weighted by molar-refractivity contribution is 0.180. The number of carbonyl (C=O) groups is 1. The van der Waals surface area contributed by atoms with Gasteiger partial charge in [0.15, 0.2) is 0 Å². The fraction of sp³-hybridized carbons (Fsp3) is 0.423. The first kappa shape index (κ1) is 20.1. The molecule has 162 valence electrons. The van der Waals surface area contributed by atoms with Gasteiger partial charge in [-0.15, -0.1) is 0 Å². The Bertz CT molecular complexity index is 1070. The standard InChI is InChI=1S/C26H32N4O/c1-2-15-30-24-13-12-20(28-26(31)27-19-8-4-3-5-9-19)17-22(24)23-18-29(16-14-25(23)30)21-10-6-7-11-21/h3-5,8-9,12-13,17,21H,2,6-7,10-11,14-16,18H2,1H3,(H2,27,28,31). The molecular weight excluding hydrogens is 384 g/mol. The van der Waals surface area contributed by atoms with Gasteiger partial charge in [-0.05, 0) is 55.2 Å². The molecule has 1 fully saturated rings. The summed E-state index contributed by atoms with van der Waals surface area (Å²) in [5.74, 6) is 0. The highest BCUT2D eigenvalue weighted by molar-refractivity contribution is 6.01. The number of para-hydroxylation sites is 1. The number of nitrogens with zero attached hydrogens (tertiary/aromatic N) is 2. The van der Waals surface area contributed by atoms with Crippen LogP contribution in [0.25, 0.3) is 10.9 Å². The molecule has 1 aliphatic heterocycles. The number of nitrogens with one attached hydrogen (secondary N) is 2. The van der Waals surface area contributed by atoms with Crippen LogP contribution < -0.4 is 10.6 Å². The van der Waals surface area contributed by atoms with Crippen LogP contribution in [0.3, 0.4) is 0 Å². The first-order valence-electron chi connectivity index (χ1n) is 11.7. The molecule has 31 heavy (non-hydrogen) atoms. The molecule has 3 aromatic rings. The summed E-state index contributed by atoms with van der Waals surface area (Å²) in [5, 5.41) is 7.23. The first-order chi connectivity index (χ1) is 15.2. The van der Waals surface area contributed by atoms with E-state index < -0.39 is 0 Å². The van der Waals surface area contributed by atoms with E-state index in [2.05, 4.69) is 39.2 Å². The van der Waals surface area contributed by atoms with Crippen LogP contribution >= 0.6 is 0 Å². The molecule has 0 spiro atoms. The average Bonchev–Trinajstić information content (AvgIpc) is 3.42. The summed E-state index contributed by atoms with van der Waals surface area (Å²) in [5.41, 5.74) is 5.90. The predicted octanol–water partition coefficient (Wildman–Crippen LogP) is 6.00. The Balaban J connectivity index is 1.43. The summed E-state index contributed by atoms with van der Waals surface area (Å²) in [6.07, 6.45) is 7.68. The minimum absolute atomic E-state index is 0.208. The number of fused-ring (bicyclic) bond motifs is 3. The third kappa shape index (κ3) is 4.07. The number of hydrogen-bond donors (Lipinski definition) is 2. The van der Waals surface area contributed by atoms with Gasteiger partial charge in [0.1, 0.15) is 0 Å². The summed E-state index contributed by atoms with van der Waals surface area (Å²) in [6.45, 7) is 5.50. The van der Waals surface area contributed by atoms with Crippen molar-refractivity contribution in [1.82, 2.24) is 9.47 Å². The van der Waals surface area contributed by atoms with Crippen molar-refractivity contribution in [2.45, 2.75) is 64.6 Å². The molecule has 5 nitrogen and oxygen atoms in total. The van der Waals surface area contributed by atoms with E-state index >= 15 is 0 Å². The van der Waals surface area contributed by atoms with Crippen molar-refractivity contribution in [2.24, 2.45) is 0 Å². The Morgan fingerprint density at radius 3 is 2.58 bits per heavy atom. The van der Waals surface area contributed by atoms with Gasteiger partial charge in [0.2, 0.25) is 0 Å². The van der Waals surface area contributed by atoms with Gasteiger partial charge in [0.25, 0.3) is 0 Å². The lowest BCUT2D eigenvalue weighted by Gasteiger charge is -2.33. The lowest BCUT2D eigenvalue weighted by Crippen LogP contribution is -2.38. The minimum atomic E-state index is -0.208. The zero-order valence-corrected chi connectivity index (χ0v) is 18.4. The molecule has 1 saturated carbocycles. The number of urea groups is 1. The summed E-state index contributed by atoms with van der Waals surface area (Å²) >= 11 is 0. The van der Waals surface area contributed by atoms with Crippen LogP contribution in [-0.2, 0) is 19.5 Å². The van der Waals surface area contributed by atoms with Gasteiger partial charge in [0.05, 0.1) is 0 Å². The van der Waals surface area contributed by atoms with Crippen molar-refractivity contribution in [1.29, 1.82) is 0 Å². The third-order valence-electron chi connectivity index (χ3n) is 6.86. The molecular formula is C26H32N4O. The van der Waals surface area contributed by atoms with Crippen LogP contribution in [0, 0.1) is 0 Å². The van der Waals surface area contributed by atoms with Crippen LogP contribution in [0.4, 0.5) is 16.2 Å². The molecule has 2 aliphatic rings. The summed E-state index contributed by atoms with van der Waals surface area (Å²) in [7, 11) is 0. The number of hydrogen-bond acceptors (Lipinski definition) is 2. The maximum absolute atomic E-state index is 12.5. The second-order valence-electron chi connectivity index (χ2n) is 8.91. The molecule has 0 bridgehead atoms. The third-order valence-corrected chi connectivity index (χ3v) is 6.86. The molecule has 2 aromatic carbocycles. The number of aromatic nitrogens is 1. The molecule has 2 N–H and O–H groups in total. The van der Waals surface area contributed by atoms with E-state index in [1.807, 2.05) is 36.4 Å². The Hall–Kier alpha value is -2.79. The molecule has 1 aliphatic carbocycles. The quantitative estimate of drug-likeness (QED) is 0.536. The van der Waals surface area contributed by atoms with Crippen molar-refractivity contribution in [3.8, 4) is 0 Å². The highest BCUT2D eigenvalue weighted by Gasteiger charge is 2.29. The second-order valence-corrected chi connectivity index (χ2v) is 8.91. The molecule has 2 amide bonds. The first-order valence-corrected chi connectivity index (χ1v) is 11.7. The minimum Gasteiger partial charge on any atom is -0.344 e. The van der Waals surface area contributed by atoms with E-state index in [0.29, 0.717) is 0 Å². The Morgan fingerprint density at radius 1 is 1.03 bits per heavy atom. The number of anilines is 2. The van der Waals surface area contributed by atoms with E-state index in [-0.39, 0.29) is 6.03 Å². The van der Waals surface area contributed by atoms with Gasteiger partial charge in [-0.25, -0.2) is 4.79 Å². The SMILES string of the molecule is CCCn1c2c(c3cc(NC(=O)Nc4ccccc4)ccc31)CN(C1CCCC1)CC2. The number of benzene rings is 2. The molecule has 0 radical (unpaired) electrons. The van der Waals surface area contributed by atoms with E-state index in [9.17, 15) is 4.79 Å². The number of amides is 2. The second kappa shape index (κ2) is 8.75. The molecule has 0 unspecified atom stereocenters. The van der Waals surface area contributed by atoms with Crippen LogP contribution in [-0.4, -0.2) is 28.1 Å². The van der Waals surface area contributed by atoms with Crippen molar-refractivity contribution >= 4 is 28.3 Å². The van der Waals surface area contributed by atoms with Gasteiger partial charge in [-0.2, -0.15) is 0 Å². The summed E-state index contributed by atoms with van der Waals surface area (Å²) in [4.78, 5) is 15.2. The maximum Gasteiger partial charge on any atom is 0.323 e. The van der Waals surface area contributed by atoms with Gasteiger partial charge in [-0.3, -0.25) is 4.90 Å². The smallest absolute Gasteiger partial charge is 0.323 e.